The fourth-order valence-corrected chi connectivity index (χ4v) is 1.96. The van der Waals surface area contributed by atoms with Gasteiger partial charge in [-0.2, -0.15) is 0 Å². The second-order valence-electron chi connectivity index (χ2n) is 4.47. The first-order chi connectivity index (χ1) is 9.16. The minimum atomic E-state index is 0.637. The van der Waals surface area contributed by atoms with Crippen LogP contribution in [-0.4, -0.2) is 5.11 Å². The molecule has 0 saturated carbocycles. The number of aromatic amines is 1. The lowest BCUT2D eigenvalue weighted by Crippen LogP contribution is -2.28. The average molecular weight is 272 g/mol. The number of aromatic nitrogens is 1. The molecule has 0 amide bonds. The maximum absolute atomic E-state index is 5.31. The molecule has 98 valence electrons. The first-order valence-electron chi connectivity index (χ1n) is 6.23. The second kappa shape index (κ2) is 6.29. The van der Waals surface area contributed by atoms with E-state index in [1.807, 2.05) is 36.7 Å². The molecule has 0 fully saturated rings. The zero-order chi connectivity index (χ0) is 13.7. The van der Waals surface area contributed by atoms with Crippen molar-refractivity contribution in [2.24, 2.45) is 0 Å². The van der Waals surface area contributed by atoms with E-state index < -0.39 is 0 Å². The van der Waals surface area contributed by atoms with E-state index in [2.05, 4.69) is 35.5 Å². The van der Waals surface area contributed by atoms with Gasteiger partial charge in [-0.05, 0) is 49.3 Å². The van der Waals surface area contributed by atoms with Gasteiger partial charge in [0.25, 0.3) is 0 Å². The Labute approximate surface area is 119 Å². The highest BCUT2D eigenvalue weighted by molar-refractivity contribution is 7.80. The topological polar surface area (TPSA) is 38.2 Å². The first-order valence-corrected chi connectivity index (χ1v) is 6.63. The Morgan fingerprint density at radius 2 is 2.05 bits per heavy atom. The molecule has 0 aliphatic carbocycles. The van der Waals surface area contributed by atoms with Gasteiger partial charge in [0, 0.05) is 23.9 Å². The van der Waals surface area contributed by atoms with E-state index in [0.29, 0.717) is 11.7 Å². The summed E-state index contributed by atoms with van der Waals surface area (Å²) in [6.07, 6.45) is 3.84. The van der Waals surface area contributed by atoms with Crippen LogP contribution in [0.5, 0.6) is 0 Å². The van der Waals surface area contributed by atoms with E-state index in [1.165, 1.54) is 11.1 Å². The third-order valence-corrected chi connectivity index (χ3v) is 3.32. The maximum atomic E-state index is 5.31. The van der Waals surface area contributed by atoms with Crippen LogP contribution in [0.15, 0.2) is 42.7 Å². The molecule has 1 aromatic heterocycles. The predicted molar refractivity (Wildman–Crippen MR) is 82.0 cm³/mol. The summed E-state index contributed by atoms with van der Waals surface area (Å²) in [5.41, 5.74) is 4.69. The largest absolute Gasteiger partial charge is 0.358 e. The molecule has 2 rings (SSSR count). The Hall–Kier alpha value is -1.94. The van der Waals surface area contributed by atoms with Crippen LogP contribution in [0.2, 0.25) is 0 Å². The van der Waals surface area contributed by atoms with Crippen molar-refractivity contribution in [3.63, 3.8) is 0 Å². The van der Waals surface area contributed by atoms with Crippen molar-refractivity contribution in [1.82, 2.24) is 5.32 Å². The fraction of sp³-hybridized carbons (Fsp3) is 0.200. The Morgan fingerprint density at radius 3 is 2.79 bits per heavy atom. The minimum Gasteiger partial charge on any atom is -0.358 e. The van der Waals surface area contributed by atoms with Gasteiger partial charge < -0.3 is 10.6 Å². The molecule has 0 unspecified atom stereocenters. The number of thiocarbonyl (C=S) groups is 1. The third-order valence-electron chi connectivity index (χ3n) is 3.08. The number of pyridine rings is 1. The monoisotopic (exact) mass is 272 g/mol. The zero-order valence-electron chi connectivity index (χ0n) is 11.2. The van der Waals surface area contributed by atoms with Gasteiger partial charge in [0.1, 0.15) is 0 Å². The van der Waals surface area contributed by atoms with E-state index >= 15 is 0 Å². The van der Waals surface area contributed by atoms with E-state index in [4.69, 9.17) is 12.2 Å². The van der Waals surface area contributed by atoms with Gasteiger partial charge in [-0.25, -0.2) is 4.98 Å². The van der Waals surface area contributed by atoms with Crippen molar-refractivity contribution in [3.05, 3.63) is 59.4 Å². The Morgan fingerprint density at radius 1 is 1.21 bits per heavy atom. The maximum Gasteiger partial charge on any atom is 0.171 e. The molecule has 4 heteroatoms. The number of nitrogens with one attached hydrogen (secondary N) is 3. The number of anilines is 1. The summed E-state index contributed by atoms with van der Waals surface area (Å²) >= 11 is 5.31. The van der Waals surface area contributed by atoms with Crippen molar-refractivity contribution in [2.75, 3.05) is 5.32 Å². The van der Waals surface area contributed by atoms with Gasteiger partial charge in [-0.15, -0.1) is 0 Å². The van der Waals surface area contributed by atoms with Gasteiger partial charge in [0.05, 0.1) is 0 Å². The molecule has 0 aliphatic heterocycles. The zero-order valence-corrected chi connectivity index (χ0v) is 12.0. The molecular weight excluding hydrogens is 254 g/mol. The lowest BCUT2D eigenvalue weighted by molar-refractivity contribution is -0.378. The Bertz CT molecular complexity index is 567. The average Bonchev–Trinajstić information content (AvgIpc) is 2.43. The summed E-state index contributed by atoms with van der Waals surface area (Å²) in [7, 11) is 0. The smallest absolute Gasteiger partial charge is 0.171 e. The third kappa shape index (κ3) is 3.76. The number of aryl methyl sites for hydroxylation is 1. The van der Waals surface area contributed by atoms with Gasteiger partial charge in [0.2, 0.25) is 0 Å². The van der Waals surface area contributed by atoms with Crippen LogP contribution in [0, 0.1) is 13.8 Å². The number of rotatable bonds is 3. The van der Waals surface area contributed by atoms with E-state index in [1.54, 1.807) is 0 Å². The number of benzene rings is 1. The molecular formula is C15H18N3S+. The van der Waals surface area contributed by atoms with Gasteiger partial charge >= 0.3 is 0 Å². The van der Waals surface area contributed by atoms with E-state index in [0.717, 1.165) is 11.3 Å². The first kappa shape index (κ1) is 13.5. The summed E-state index contributed by atoms with van der Waals surface area (Å²) in [5.74, 6) is 0. The van der Waals surface area contributed by atoms with Crippen molar-refractivity contribution in [1.29, 1.82) is 0 Å². The standard InChI is InChI=1S/C15H17N3S/c1-11-5-3-7-14(12(11)2)18-15(19)17-10-13-6-4-8-16-9-13/h3-9H,10H2,1-2H3,(H2,17,18,19)/p+1. The second-order valence-corrected chi connectivity index (χ2v) is 4.88. The van der Waals surface area contributed by atoms with Crippen molar-refractivity contribution in [2.45, 2.75) is 20.4 Å². The SMILES string of the molecule is Cc1cccc(NC(=S)NCc2ccc[nH+]c2)c1C. The molecule has 0 aliphatic rings. The molecule has 1 heterocycles. The van der Waals surface area contributed by atoms with Crippen molar-refractivity contribution >= 4 is 23.0 Å². The molecule has 0 radical (unpaired) electrons. The quantitative estimate of drug-likeness (QED) is 0.844. The fourth-order valence-electron chi connectivity index (χ4n) is 1.78. The molecule has 1 aromatic carbocycles. The van der Waals surface area contributed by atoms with Gasteiger partial charge in [-0.3, -0.25) is 0 Å². The van der Waals surface area contributed by atoms with E-state index in [9.17, 15) is 0 Å². The lowest BCUT2D eigenvalue weighted by Gasteiger charge is -2.13. The van der Waals surface area contributed by atoms with Crippen LogP contribution in [0.25, 0.3) is 0 Å². The molecule has 3 N–H and O–H groups in total. The molecule has 3 nitrogen and oxygen atoms in total. The summed E-state index contributed by atoms with van der Waals surface area (Å²) in [6, 6.07) is 10.2. The lowest BCUT2D eigenvalue weighted by atomic mass is 10.1. The van der Waals surface area contributed by atoms with Crippen molar-refractivity contribution < 1.29 is 4.98 Å². The van der Waals surface area contributed by atoms with Crippen LogP contribution in [0.3, 0.4) is 0 Å². The molecule has 0 atom stereocenters. The molecule has 2 aromatic rings. The van der Waals surface area contributed by atoms with Crippen LogP contribution in [0.4, 0.5) is 5.69 Å². The van der Waals surface area contributed by atoms with Crippen LogP contribution >= 0.6 is 12.2 Å². The molecule has 19 heavy (non-hydrogen) atoms. The number of hydrogen-bond acceptors (Lipinski definition) is 1. The molecule has 0 saturated heterocycles. The summed E-state index contributed by atoms with van der Waals surface area (Å²) in [6.45, 7) is 4.89. The van der Waals surface area contributed by atoms with Crippen molar-refractivity contribution in [3.8, 4) is 0 Å². The Balaban J connectivity index is 1.93. The highest BCUT2D eigenvalue weighted by Gasteiger charge is 2.03. The number of H-pyrrole nitrogens is 1. The Kier molecular flexibility index (Phi) is 4.47. The predicted octanol–water partition coefficient (Wildman–Crippen LogP) is 2.60. The molecule has 0 spiro atoms. The van der Waals surface area contributed by atoms with Crippen LogP contribution < -0.4 is 15.6 Å². The van der Waals surface area contributed by atoms with Gasteiger partial charge in [0.15, 0.2) is 17.5 Å². The highest BCUT2D eigenvalue weighted by atomic mass is 32.1. The van der Waals surface area contributed by atoms with Crippen LogP contribution in [0.1, 0.15) is 16.7 Å². The van der Waals surface area contributed by atoms with E-state index in [-0.39, 0.29) is 0 Å². The highest BCUT2D eigenvalue weighted by Crippen LogP contribution is 2.17. The molecule has 0 bridgehead atoms. The normalized spacial score (nSPS) is 10.0. The summed E-state index contributed by atoms with van der Waals surface area (Å²) in [5, 5.41) is 7.06. The summed E-state index contributed by atoms with van der Waals surface area (Å²) < 4.78 is 0. The van der Waals surface area contributed by atoms with Gasteiger partial charge in [-0.1, -0.05) is 12.1 Å². The number of hydrogen-bond donors (Lipinski definition) is 2. The minimum absolute atomic E-state index is 0.637. The van der Waals surface area contributed by atoms with Crippen LogP contribution in [-0.2, 0) is 6.54 Å². The summed E-state index contributed by atoms with van der Waals surface area (Å²) in [4.78, 5) is 3.05.